The number of carbonyl (C=O) groups is 3. The van der Waals surface area contributed by atoms with Crippen LogP contribution in [0.1, 0.15) is 29.4 Å². The van der Waals surface area contributed by atoms with Gasteiger partial charge >= 0.3 is 0 Å². The van der Waals surface area contributed by atoms with Crippen molar-refractivity contribution in [3.8, 4) is 0 Å². The largest absolute Gasteiger partial charge is 0.328 e. The minimum Gasteiger partial charge on any atom is -0.328 e. The van der Waals surface area contributed by atoms with Crippen LogP contribution in [0, 0.1) is 0 Å². The van der Waals surface area contributed by atoms with E-state index in [1.807, 2.05) is 0 Å². The molecule has 0 aliphatic carbocycles. The molecule has 0 saturated heterocycles. The van der Waals surface area contributed by atoms with Gasteiger partial charge < -0.3 is 15.6 Å². The Morgan fingerprint density at radius 1 is 1.07 bits per heavy atom. The van der Waals surface area contributed by atoms with E-state index >= 15 is 0 Å². The highest BCUT2D eigenvalue weighted by Gasteiger charge is 2.11. The van der Waals surface area contributed by atoms with Crippen molar-refractivity contribution < 1.29 is 14.4 Å². The Morgan fingerprint density at radius 2 is 1.83 bits per heavy atom. The van der Waals surface area contributed by atoms with Gasteiger partial charge in [-0.3, -0.25) is 24.5 Å². The van der Waals surface area contributed by atoms with E-state index < -0.39 is 0 Å². The second kappa shape index (κ2) is 9.61. The lowest BCUT2D eigenvalue weighted by atomic mass is 10.2. The number of nitrogens with zero attached hydrogens (tertiary/aromatic N) is 1. The number of rotatable bonds is 7. The number of aromatic nitrogens is 2. The molecule has 3 amide bonds. The summed E-state index contributed by atoms with van der Waals surface area (Å²) in [4.78, 5) is 53.3. The zero-order valence-corrected chi connectivity index (χ0v) is 16.8. The van der Waals surface area contributed by atoms with E-state index in [0.717, 1.165) is 0 Å². The average molecular weight is 425 g/mol. The van der Waals surface area contributed by atoms with Crippen molar-refractivity contribution in [3.63, 3.8) is 0 Å². The molecule has 0 aliphatic rings. The van der Waals surface area contributed by atoms with Gasteiger partial charge in [0, 0.05) is 42.4 Å². The number of aryl methyl sites for hydroxylation is 1. The number of thiazole rings is 1. The predicted molar refractivity (Wildman–Crippen MR) is 115 cm³/mol. The number of amides is 3. The number of nitrogens with one attached hydrogen (secondary N) is 4. The molecule has 0 saturated carbocycles. The van der Waals surface area contributed by atoms with E-state index in [2.05, 4.69) is 25.9 Å². The number of aromatic amines is 1. The smallest absolute Gasteiger partial charge is 0.258 e. The van der Waals surface area contributed by atoms with E-state index in [1.54, 1.807) is 29.6 Å². The van der Waals surface area contributed by atoms with E-state index in [9.17, 15) is 19.2 Å². The number of pyridine rings is 1. The lowest BCUT2D eigenvalue weighted by Crippen LogP contribution is -2.14. The molecule has 4 N–H and O–H groups in total. The number of hydrogen-bond acceptors (Lipinski definition) is 6. The summed E-state index contributed by atoms with van der Waals surface area (Å²) in [6, 6.07) is 9.57. The summed E-state index contributed by atoms with van der Waals surface area (Å²) in [6.07, 6.45) is 1.95. The molecule has 0 spiro atoms. The first-order chi connectivity index (χ1) is 14.4. The monoisotopic (exact) mass is 425 g/mol. The number of carbonyl (C=O) groups excluding carboxylic acids is 3. The molecule has 0 aliphatic heterocycles. The Hall–Kier alpha value is -3.79. The molecule has 30 heavy (non-hydrogen) atoms. The van der Waals surface area contributed by atoms with Crippen molar-refractivity contribution in [2.45, 2.75) is 19.8 Å². The van der Waals surface area contributed by atoms with Gasteiger partial charge in [0.15, 0.2) is 5.13 Å². The minimum absolute atomic E-state index is 0.189. The van der Waals surface area contributed by atoms with Crippen LogP contribution in [0.25, 0.3) is 0 Å². The lowest BCUT2D eigenvalue weighted by Gasteiger charge is -2.07. The summed E-state index contributed by atoms with van der Waals surface area (Å²) < 4.78 is 0. The molecule has 10 heteroatoms. The first kappa shape index (κ1) is 20.9. The van der Waals surface area contributed by atoms with E-state index in [-0.39, 0.29) is 29.7 Å². The number of hydrogen-bond donors (Lipinski definition) is 4. The molecule has 2 heterocycles. The Kier molecular flexibility index (Phi) is 6.71. The van der Waals surface area contributed by atoms with Crippen molar-refractivity contribution >= 4 is 45.6 Å². The molecule has 154 valence electrons. The summed E-state index contributed by atoms with van der Waals surface area (Å²) >= 11 is 1.25. The second-order valence-corrected chi connectivity index (χ2v) is 7.21. The minimum atomic E-state index is -0.385. The third-order valence-corrected chi connectivity index (χ3v) is 4.70. The molecular weight excluding hydrogens is 406 g/mol. The molecule has 0 fully saturated rings. The van der Waals surface area contributed by atoms with Crippen LogP contribution < -0.4 is 21.5 Å². The third kappa shape index (κ3) is 6.11. The van der Waals surface area contributed by atoms with Gasteiger partial charge in [0.25, 0.3) is 5.91 Å². The first-order valence-corrected chi connectivity index (χ1v) is 9.89. The Balaban J connectivity index is 1.50. The average Bonchev–Trinajstić information content (AvgIpc) is 3.14. The number of H-pyrrole nitrogens is 1. The summed E-state index contributed by atoms with van der Waals surface area (Å²) in [5.41, 5.74) is 1.88. The molecule has 0 bridgehead atoms. The van der Waals surface area contributed by atoms with Gasteiger partial charge in [0.05, 0.1) is 11.3 Å². The van der Waals surface area contributed by atoms with Gasteiger partial charge in [-0.05, 0) is 30.7 Å². The molecule has 9 nitrogen and oxygen atoms in total. The van der Waals surface area contributed by atoms with Gasteiger partial charge in [-0.25, -0.2) is 4.98 Å². The van der Waals surface area contributed by atoms with Gasteiger partial charge in [0.1, 0.15) is 0 Å². The molecule has 0 atom stereocenters. The maximum Gasteiger partial charge on any atom is 0.258 e. The normalized spacial score (nSPS) is 10.3. The molecule has 3 rings (SSSR count). The van der Waals surface area contributed by atoms with Crippen LogP contribution in [-0.2, 0) is 16.0 Å². The van der Waals surface area contributed by atoms with Gasteiger partial charge in [-0.1, -0.05) is 6.07 Å². The maximum atomic E-state index is 12.2. The third-order valence-electron chi connectivity index (χ3n) is 3.89. The maximum absolute atomic E-state index is 12.2. The Labute approximate surface area is 175 Å². The topological polar surface area (TPSA) is 133 Å². The van der Waals surface area contributed by atoms with Crippen LogP contribution >= 0.6 is 11.3 Å². The second-order valence-electron chi connectivity index (χ2n) is 6.35. The standard InChI is InChI=1S/C20H19N5O4S/c1-12(26)22-14-3-2-4-15(9-14)23-18(28)8-6-16-11-30-20(24-16)25-19(29)13-5-7-17(27)21-10-13/h2-5,7,9-11H,6,8H2,1H3,(H,21,27)(H,22,26)(H,23,28)(H,24,25,29). The van der Waals surface area contributed by atoms with E-state index in [4.69, 9.17) is 0 Å². The summed E-state index contributed by atoms with van der Waals surface area (Å²) in [6.45, 7) is 1.41. The van der Waals surface area contributed by atoms with Crippen molar-refractivity contribution in [2.75, 3.05) is 16.0 Å². The Bertz CT molecular complexity index is 1120. The summed E-state index contributed by atoms with van der Waals surface area (Å²) in [7, 11) is 0. The van der Waals surface area contributed by atoms with Crippen molar-refractivity contribution in [1.82, 2.24) is 9.97 Å². The predicted octanol–water partition coefficient (Wildman–Crippen LogP) is 2.61. The fourth-order valence-electron chi connectivity index (χ4n) is 2.54. The first-order valence-electron chi connectivity index (χ1n) is 9.01. The van der Waals surface area contributed by atoms with Crippen LogP contribution in [0.4, 0.5) is 16.5 Å². The van der Waals surface area contributed by atoms with Gasteiger partial charge in [-0.2, -0.15) is 0 Å². The number of anilines is 3. The highest BCUT2D eigenvalue weighted by molar-refractivity contribution is 7.14. The van der Waals surface area contributed by atoms with Crippen molar-refractivity contribution in [1.29, 1.82) is 0 Å². The van der Waals surface area contributed by atoms with Crippen LogP contribution in [0.5, 0.6) is 0 Å². The molecule has 3 aromatic rings. The highest BCUT2D eigenvalue weighted by Crippen LogP contribution is 2.18. The van der Waals surface area contributed by atoms with Crippen molar-refractivity contribution in [2.24, 2.45) is 0 Å². The zero-order valence-electron chi connectivity index (χ0n) is 16.0. The van der Waals surface area contributed by atoms with Crippen LogP contribution in [0.2, 0.25) is 0 Å². The molecule has 0 radical (unpaired) electrons. The molecular formula is C20H19N5O4S. The van der Waals surface area contributed by atoms with Crippen LogP contribution in [0.15, 0.2) is 52.8 Å². The fraction of sp³-hybridized carbons (Fsp3) is 0.150. The molecule has 2 aromatic heterocycles. The van der Waals surface area contributed by atoms with Gasteiger partial charge in [-0.15, -0.1) is 11.3 Å². The quantitative estimate of drug-likeness (QED) is 0.462. The Morgan fingerprint density at radius 3 is 2.53 bits per heavy atom. The summed E-state index contributed by atoms with van der Waals surface area (Å²) in [5, 5.41) is 10.3. The van der Waals surface area contributed by atoms with Crippen molar-refractivity contribution in [3.05, 3.63) is 69.6 Å². The SMILES string of the molecule is CC(=O)Nc1cccc(NC(=O)CCc2csc(NC(=O)c3ccc(=O)[nH]c3)n2)c1. The molecule has 0 unspecified atom stereocenters. The molecule has 1 aromatic carbocycles. The van der Waals surface area contributed by atoms with Gasteiger partial charge in [0.2, 0.25) is 17.4 Å². The lowest BCUT2D eigenvalue weighted by molar-refractivity contribution is -0.116. The van der Waals surface area contributed by atoms with Crippen LogP contribution in [0.3, 0.4) is 0 Å². The zero-order chi connectivity index (χ0) is 21.5. The fourth-order valence-corrected chi connectivity index (χ4v) is 3.28. The highest BCUT2D eigenvalue weighted by atomic mass is 32.1. The van der Waals surface area contributed by atoms with E-state index in [0.29, 0.717) is 34.2 Å². The van der Waals surface area contributed by atoms with E-state index in [1.165, 1.54) is 36.6 Å². The summed E-state index contributed by atoms with van der Waals surface area (Å²) in [5.74, 6) is -0.767. The van der Waals surface area contributed by atoms with Crippen LogP contribution in [-0.4, -0.2) is 27.7 Å². The number of benzene rings is 1.